The summed E-state index contributed by atoms with van der Waals surface area (Å²) in [5.74, 6) is 0.390. The number of aromatic nitrogens is 2. The van der Waals surface area contributed by atoms with Gasteiger partial charge in [-0.2, -0.15) is 0 Å². The fourth-order valence-corrected chi connectivity index (χ4v) is 2.25. The second-order valence-corrected chi connectivity index (χ2v) is 4.77. The van der Waals surface area contributed by atoms with Crippen LogP contribution in [-0.4, -0.2) is 19.8 Å². The van der Waals surface area contributed by atoms with Crippen molar-refractivity contribution in [3.05, 3.63) is 41.4 Å². The molecule has 0 saturated heterocycles. The van der Waals surface area contributed by atoms with Gasteiger partial charge in [0.1, 0.15) is 5.82 Å². The predicted molar refractivity (Wildman–Crippen MR) is 74.5 cm³/mol. The number of hydrogen-bond donors (Lipinski definition) is 2. The van der Waals surface area contributed by atoms with E-state index in [0.29, 0.717) is 10.8 Å². The maximum absolute atomic E-state index is 9.56. The number of halogens is 1. The highest BCUT2D eigenvalue weighted by Crippen LogP contribution is 2.31. The van der Waals surface area contributed by atoms with Crippen molar-refractivity contribution >= 4 is 22.6 Å². The van der Waals surface area contributed by atoms with Crippen molar-refractivity contribution in [1.29, 1.82) is 0 Å². The summed E-state index contributed by atoms with van der Waals surface area (Å²) >= 11 is 5.98. The molecule has 0 saturated carbocycles. The lowest BCUT2D eigenvalue weighted by molar-refractivity contribution is 0.404. The maximum Gasteiger partial charge on any atom is 0.158 e. The number of fused-ring (bicyclic) bond motifs is 1. The molecule has 0 unspecified atom stereocenters. The summed E-state index contributed by atoms with van der Waals surface area (Å²) in [5.41, 5.74) is 2.47. The van der Waals surface area contributed by atoms with E-state index in [1.54, 1.807) is 12.1 Å². The predicted octanol–water partition coefficient (Wildman–Crippen LogP) is 3.30. The Bertz CT molecular complexity index is 780. The zero-order valence-electron chi connectivity index (χ0n) is 10.1. The van der Waals surface area contributed by atoms with Gasteiger partial charge in [0.05, 0.1) is 11.0 Å². The molecule has 19 heavy (non-hydrogen) atoms. The summed E-state index contributed by atoms with van der Waals surface area (Å²) in [7, 11) is 1.88. The Morgan fingerprint density at radius 1 is 1.05 bits per heavy atom. The first-order valence-electron chi connectivity index (χ1n) is 5.70. The van der Waals surface area contributed by atoms with Gasteiger partial charge in [-0.05, 0) is 36.4 Å². The Balaban J connectivity index is 2.24. The SMILES string of the molecule is Cn1c(-c2ccc(O)c(O)c2)nc2ccc(Cl)cc21. The number of aromatic hydroxyl groups is 2. The van der Waals surface area contributed by atoms with Crippen molar-refractivity contribution in [3.63, 3.8) is 0 Å². The highest BCUT2D eigenvalue weighted by Gasteiger charge is 2.11. The Labute approximate surface area is 114 Å². The molecule has 0 bridgehead atoms. The molecule has 0 atom stereocenters. The third kappa shape index (κ3) is 1.90. The molecule has 0 fully saturated rings. The van der Waals surface area contributed by atoms with Gasteiger partial charge in [-0.3, -0.25) is 0 Å². The van der Waals surface area contributed by atoms with Crippen LogP contribution in [0.25, 0.3) is 22.4 Å². The van der Waals surface area contributed by atoms with Gasteiger partial charge in [0.15, 0.2) is 11.5 Å². The quantitative estimate of drug-likeness (QED) is 0.669. The molecule has 1 aromatic heterocycles. The zero-order chi connectivity index (χ0) is 13.6. The van der Waals surface area contributed by atoms with Crippen LogP contribution >= 0.6 is 11.6 Å². The van der Waals surface area contributed by atoms with Crippen molar-refractivity contribution in [3.8, 4) is 22.9 Å². The average molecular weight is 275 g/mol. The summed E-state index contributed by atoms with van der Waals surface area (Å²) in [5, 5.41) is 19.6. The zero-order valence-corrected chi connectivity index (χ0v) is 10.9. The highest BCUT2D eigenvalue weighted by atomic mass is 35.5. The van der Waals surface area contributed by atoms with Crippen LogP contribution in [0.4, 0.5) is 0 Å². The van der Waals surface area contributed by atoms with Crippen LogP contribution in [0.2, 0.25) is 5.02 Å². The van der Waals surface area contributed by atoms with Gasteiger partial charge in [0, 0.05) is 17.6 Å². The van der Waals surface area contributed by atoms with Gasteiger partial charge in [0.2, 0.25) is 0 Å². The number of imidazole rings is 1. The first-order valence-corrected chi connectivity index (χ1v) is 6.08. The Morgan fingerprint density at radius 2 is 1.84 bits per heavy atom. The topological polar surface area (TPSA) is 58.3 Å². The Morgan fingerprint density at radius 3 is 2.58 bits per heavy atom. The Kier molecular flexibility index (Phi) is 2.61. The van der Waals surface area contributed by atoms with Gasteiger partial charge in [-0.15, -0.1) is 0 Å². The van der Waals surface area contributed by atoms with E-state index in [9.17, 15) is 10.2 Å². The summed E-state index contributed by atoms with van der Waals surface area (Å²) in [6, 6.07) is 10.1. The second kappa shape index (κ2) is 4.17. The minimum absolute atomic E-state index is 0.148. The molecule has 96 valence electrons. The molecular weight excluding hydrogens is 264 g/mol. The van der Waals surface area contributed by atoms with Gasteiger partial charge in [-0.25, -0.2) is 4.98 Å². The molecule has 3 rings (SSSR count). The van der Waals surface area contributed by atoms with E-state index in [0.717, 1.165) is 16.6 Å². The standard InChI is InChI=1S/C14H11ClN2O2/c1-17-11-7-9(15)3-4-10(11)16-14(17)8-2-5-12(18)13(19)6-8/h2-7,18-19H,1H3. The van der Waals surface area contributed by atoms with Crippen LogP contribution in [0.1, 0.15) is 0 Å². The fraction of sp³-hybridized carbons (Fsp3) is 0.0714. The van der Waals surface area contributed by atoms with Gasteiger partial charge < -0.3 is 14.8 Å². The molecule has 0 aliphatic heterocycles. The van der Waals surface area contributed by atoms with E-state index in [1.165, 1.54) is 12.1 Å². The number of aryl methyl sites for hydroxylation is 1. The minimum atomic E-state index is -0.164. The molecule has 2 N–H and O–H groups in total. The van der Waals surface area contributed by atoms with E-state index >= 15 is 0 Å². The lowest BCUT2D eigenvalue weighted by Gasteiger charge is -2.04. The average Bonchev–Trinajstić information content (AvgIpc) is 2.70. The lowest BCUT2D eigenvalue weighted by atomic mass is 10.2. The number of phenols is 2. The van der Waals surface area contributed by atoms with Crippen molar-refractivity contribution in [2.24, 2.45) is 7.05 Å². The molecule has 0 amide bonds. The first kappa shape index (κ1) is 11.9. The van der Waals surface area contributed by atoms with Gasteiger partial charge in [-0.1, -0.05) is 11.6 Å². The summed E-state index contributed by atoms with van der Waals surface area (Å²) in [6.07, 6.45) is 0. The third-order valence-corrected chi connectivity index (χ3v) is 3.31. The van der Waals surface area contributed by atoms with Crippen LogP contribution in [0.5, 0.6) is 11.5 Å². The molecule has 1 heterocycles. The van der Waals surface area contributed by atoms with Crippen LogP contribution in [0.3, 0.4) is 0 Å². The summed E-state index contributed by atoms with van der Waals surface area (Å²) in [6.45, 7) is 0. The molecule has 0 spiro atoms. The van der Waals surface area contributed by atoms with E-state index in [4.69, 9.17) is 11.6 Å². The molecule has 3 aromatic rings. The largest absolute Gasteiger partial charge is 0.504 e. The normalized spacial score (nSPS) is 11.1. The third-order valence-electron chi connectivity index (χ3n) is 3.08. The lowest BCUT2D eigenvalue weighted by Crippen LogP contribution is -1.92. The van der Waals surface area contributed by atoms with E-state index in [1.807, 2.05) is 23.7 Å². The smallest absolute Gasteiger partial charge is 0.158 e. The van der Waals surface area contributed by atoms with Crippen LogP contribution in [0.15, 0.2) is 36.4 Å². The van der Waals surface area contributed by atoms with E-state index in [2.05, 4.69) is 4.98 Å². The molecular formula is C14H11ClN2O2. The fourth-order valence-electron chi connectivity index (χ4n) is 2.08. The summed E-state index contributed by atoms with van der Waals surface area (Å²) in [4.78, 5) is 4.51. The number of benzene rings is 2. The summed E-state index contributed by atoms with van der Waals surface area (Å²) < 4.78 is 1.90. The maximum atomic E-state index is 9.56. The molecule has 0 radical (unpaired) electrons. The van der Waals surface area contributed by atoms with E-state index in [-0.39, 0.29) is 11.5 Å². The molecule has 5 heteroatoms. The minimum Gasteiger partial charge on any atom is -0.504 e. The van der Waals surface area contributed by atoms with E-state index < -0.39 is 0 Å². The second-order valence-electron chi connectivity index (χ2n) is 4.33. The number of phenolic OH excluding ortho intramolecular Hbond substituents is 2. The van der Waals surface area contributed by atoms with Gasteiger partial charge in [0.25, 0.3) is 0 Å². The van der Waals surface area contributed by atoms with Crippen molar-refractivity contribution < 1.29 is 10.2 Å². The van der Waals surface area contributed by atoms with Crippen LogP contribution in [0, 0.1) is 0 Å². The number of hydrogen-bond acceptors (Lipinski definition) is 3. The molecule has 0 aliphatic rings. The number of nitrogens with zero attached hydrogens (tertiary/aromatic N) is 2. The first-order chi connectivity index (χ1) is 9.06. The molecule has 2 aromatic carbocycles. The van der Waals surface area contributed by atoms with Crippen LogP contribution in [-0.2, 0) is 7.05 Å². The Hall–Kier alpha value is -2.20. The van der Waals surface area contributed by atoms with Gasteiger partial charge >= 0.3 is 0 Å². The van der Waals surface area contributed by atoms with Crippen molar-refractivity contribution in [1.82, 2.24) is 9.55 Å². The molecule has 0 aliphatic carbocycles. The monoisotopic (exact) mass is 274 g/mol. The van der Waals surface area contributed by atoms with Crippen molar-refractivity contribution in [2.75, 3.05) is 0 Å². The van der Waals surface area contributed by atoms with Crippen LogP contribution < -0.4 is 0 Å². The number of rotatable bonds is 1. The highest BCUT2D eigenvalue weighted by molar-refractivity contribution is 6.31. The van der Waals surface area contributed by atoms with Crippen molar-refractivity contribution in [2.45, 2.75) is 0 Å². The molecule has 4 nitrogen and oxygen atoms in total.